The van der Waals surface area contributed by atoms with Crippen molar-refractivity contribution in [2.24, 2.45) is 5.92 Å². The van der Waals surface area contributed by atoms with Crippen LogP contribution < -0.4 is 5.32 Å². The summed E-state index contributed by atoms with van der Waals surface area (Å²) in [6.07, 6.45) is 6.82. The number of hydrogen-bond acceptors (Lipinski definition) is 4. The average Bonchev–Trinajstić information content (AvgIpc) is 2.88. The molecule has 2 saturated carbocycles. The molecule has 1 aliphatic heterocycles. The summed E-state index contributed by atoms with van der Waals surface area (Å²) in [6, 6.07) is 0.290. The summed E-state index contributed by atoms with van der Waals surface area (Å²) in [5, 5.41) is 3.18. The first-order chi connectivity index (χ1) is 10.2. The molecule has 3 fully saturated rings. The summed E-state index contributed by atoms with van der Waals surface area (Å²) in [4.78, 5) is 12.1. The maximum Gasteiger partial charge on any atom is 0.220 e. The van der Waals surface area contributed by atoms with Crippen LogP contribution in [0.25, 0.3) is 0 Å². The van der Waals surface area contributed by atoms with Gasteiger partial charge < -0.3 is 19.5 Å². The fourth-order valence-electron chi connectivity index (χ4n) is 3.75. The maximum atomic E-state index is 12.1. The van der Waals surface area contributed by atoms with Crippen molar-refractivity contribution in [1.82, 2.24) is 5.32 Å². The summed E-state index contributed by atoms with van der Waals surface area (Å²) in [5.74, 6) is 0.377. The van der Waals surface area contributed by atoms with E-state index in [0.717, 1.165) is 45.1 Å². The molecule has 3 aliphatic rings. The van der Waals surface area contributed by atoms with Crippen LogP contribution in [0.15, 0.2) is 0 Å². The van der Waals surface area contributed by atoms with Gasteiger partial charge >= 0.3 is 0 Å². The number of carbonyl (C=O) groups excluding carboxylic acids is 1. The molecule has 0 aromatic carbocycles. The molecule has 120 valence electrons. The van der Waals surface area contributed by atoms with Gasteiger partial charge in [0.25, 0.3) is 0 Å². The Morgan fingerprint density at radius 3 is 2.52 bits per heavy atom. The lowest BCUT2D eigenvalue weighted by Gasteiger charge is -2.37. The Kier molecular flexibility index (Phi) is 4.82. The standard InChI is InChI=1S/C16H27NO4/c1-2-19-14-9-12(10-14)11-15(18)17-13-3-5-16(6-4-13)20-7-8-21-16/h12-14H,2-11H2,1H3,(H,17,18). The van der Waals surface area contributed by atoms with E-state index in [1.807, 2.05) is 6.92 Å². The van der Waals surface area contributed by atoms with Crippen LogP contribution >= 0.6 is 0 Å². The summed E-state index contributed by atoms with van der Waals surface area (Å²) in [5.41, 5.74) is 0. The van der Waals surface area contributed by atoms with E-state index >= 15 is 0 Å². The zero-order valence-corrected chi connectivity index (χ0v) is 12.9. The lowest BCUT2D eigenvalue weighted by molar-refractivity contribution is -0.180. The van der Waals surface area contributed by atoms with Gasteiger partial charge in [-0.25, -0.2) is 0 Å². The van der Waals surface area contributed by atoms with Gasteiger partial charge in [-0.1, -0.05) is 0 Å². The molecule has 3 rings (SSSR count). The number of carbonyl (C=O) groups is 1. The molecule has 0 radical (unpaired) electrons. The molecular formula is C16H27NO4. The van der Waals surface area contributed by atoms with Gasteiger partial charge in [0.2, 0.25) is 5.91 Å². The van der Waals surface area contributed by atoms with E-state index in [1.54, 1.807) is 0 Å². The number of ether oxygens (including phenoxy) is 3. The van der Waals surface area contributed by atoms with E-state index in [0.29, 0.717) is 37.7 Å². The Morgan fingerprint density at radius 2 is 1.90 bits per heavy atom. The third-order valence-corrected chi connectivity index (χ3v) is 4.99. The molecule has 0 aromatic rings. The van der Waals surface area contributed by atoms with Crippen LogP contribution in [-0.2, 0) is 19.0 Å². The van der Waals surface area contributed by atoms with Crippen LogP contribution in [-0.4, -0.2) is 43.7 Å². The van der Waals surface area contributed by atoms with Gasteiger partial charge in [-0.3, -0.25) is 4.79 Å². The van der Waals surface area contributed by atoms with E-state index < -0.39 is 0 Å². The van der Waals surface area contributed by atoms with Crippen molar-refractivity contribution in [3.8, 4) is 0 Å². The smallest absolute Gasteiger partial charge is 0.220 e. The third kappa shape index (κ3) is 3.76. The lowest BCUT2D eigenvalue weighted by atomic mass is 9.79. The van der Waals surface area contributed by atoms with E-state index in [-0.39, 0.29) is 11.7 Å². The van der Waals surface area contributed by atoms with Crippen molar-refractivity contribution < 1.29 is 19.0 Å². The van der Waals surface area contributed by atoms with Gasteiger partial charge in [-0.05, 0) is 38.5 Å². The zero-order chi connectivity index (χ0) is 14.7. The maximum absolute atomic E-state index is 12.1. The van der Waals surface area contributed by atoms with Crippen molar-refractivity contribution in [2.75, 3.05) is 19.8 Å². The Labute approximate surface area is 126 Å². The highest BCUT2D eigenvalue weighted by atomic mass is 16.7. The second-order valence-electron chi connectivity index (χ2n) is 6.57. The average molecular weight is 297 g/mol. The highest BCUT2D eigenvalue weighted by Gasteiger charge is 2.40. The number of nitrogens with one attached hydrogen (secondary N) is 1. The molecular weight excluding hydrogens is 270 g/mol. The van der Waals surface area contributed by atoms with Crippen molar-refractivity contribution in [1.29, 1.82) is 0 Å². The van der Waals surface area contributed by atoms with E-state index in [2.05, 4.69) is 5.32 Å². The minimum absolute atomic E-state index is 0.198. The Hall–Kier alpha value is -0.650. The Bertz CT molecular complexity index is 351. The predicted molar refractivity (Wildman–Crippen MR) is 77.8 cm³/mol. The second kappa shape index (κ2) is 6.63. The predicted octanol–water partition coefficient (Wildman–Crippen LogP) is 1.99. The fraction of sp³-hybridized carbons (Fsp3) is 0.938. The first kappa shape index (κ1) is 15.3. The Morgan fingerprint density at radius 1 is 1.24 bits per heavy atom. The van der Waals surface area contributed by atoms with Gasteiger partial charge in [0.05, 0.1) is 19.3 Å². The van der Waals surface area contributed by atoms with Crippen LogP contribution in [0.1, 0.15) is 51.9 Å². The summed E-state index contributed by atoms with van der Waals surface area (Å²) >= 11 is 0. The van der Waals surface area contributed by atoms with Crippen molar-refractivity contribution >= 4 is 5.91 Å². The van der Waals surface area contributed by atoms with E-state index in [1.165, 1.54) is 0 Å². The van der Waals surface area contributed by atoms with Crippen molar-refractivity contribution in [3.63, 3.8) is 0 Å². The molecule has 5 heteroatoms. The quantitative estimate of drug-likeness (QED) is 0.843. The largest absolute Gasteiger partial charge is 0.378 e. The molecule has 1 heterocycles. The minimum Gasteiger partial charge on any atom is -0.378 e. The van der Waals surface area contributed by atoms with Crippen LogP contribution in [0.2, 0.25) is 0 Å². The van der Waals surface area contributed by atoms with Gasteiger partial charge in [-0.2, -0.15) is 0 Å². The van der Waals surface area contributed by atoms with Crippen LogP contribution in [0.5, 0.6) is 0 Å². The molecule has 0 atom stereocenters. The lowest BCUT2D eigenvalue weighted by Crippen LogP contribution is -2.45. The van der Waals surface area contributed by atoms with Gasteiger partial charge in [0.15, 0.2) is 5.79 Å². The third-order valence-electron chi connectivity index (χ3n) is 4.99. The fourth-order valence-corrected chi connectivity index (χ4v) is 3.75. The van der Waals surface area contributed by atoms with Gasteiger partial charge in [-0.15, -0.1) is 0 Å². The molecule has 0 unspecified atom stereocenters. The van der Waals surface area contributed by atoms with Crippen molar-refractivity contribution in [3.05, 3.63) is 0 Å². The molecule has 1 saturated heterocycles. The molecule has 5 nitrogen and oxygen atoms in total. The SMILES string of the molecule is CCOC1CC(CC(=O)NC2CCC3(CC2)OCCO3)C1. The van der Waals surface area contributed by atoms with Crippen LogP contribution in [0.3, 0.4) is 0 Å². The first-order valence-electron chi connectivity index (χ1n) is 8.38. The van der Waals surface area contributed by atoms with E-state index in [4.69, 9.17) is 14.2 Å². The highest BCUT2D eigenvalue weighted by molar-refractivity contribution is 5.76. The summed E-state index contributed by atoms with van der Waals surface area (Å²) < 4.78 is 17.0. The summed E-state index contributed by atoms with van der Waals surface area (Å²) in [6.45, 7) is 4.21. The minimum atomic E-state index is -0.333. The zero-order valence-electron chi connectivity index (χ0n) is 12.9. The number of rotatable bonds is 5. The van der Waals surface area contributed by atoms with Gasteiger partial charge in [0.1, 0.15) is 0 Å². The molecule has 1 N–H and O–H groups in total. The van der Waals surface area contributed by atoms with Crippen molar-refractivity contribution in [2.45, 2.75) is 69.8 Å². The van der Waals surface area contributed by atoms with Gasteiger partial charge in [0, 0.05) is 31.9 Å². The summed E-state index contributed by atoms with van der Waals surface area (Å²) in [7, 11) is 0. The normalized spacial score (nSPS) is 32.0. The van der Waals surface area contributed by atoms with Crippen LogP contribution in [0, 0.1) is 5.92 Å². The molecule has 1 spiro atoms. The van der Waals surface area contributed by atoms with Crippen LogP contribution in [0.4, 0.5) is 0 Å². The second-order valence-corrected chi connectivity index (χ2v) is 6.57. The molecule has 2 aliphatic carbocycles. The highest BCUT2D eigenvalue weighted by Crippen LogP contribution is 2.36. The topological polar surface area (TPSA) is 56.8 Å². The molecule has 0 aromatic heterocycles. The van der Waals surface area contributed by atoms with E-state index in [9.17, 15) is 4.79 Å². The molecule has 1 amide bonds. The molecule has 0 bridgehead atoms. The molecule has 21 heavy (non-hydrogen) atoms. The first-order valence-corrected chi connectivity index (χ1v) is 8.38. The Balaban J connectivity index is 1.33. The number of hydrogen-bond donors (Lipinski definition) is 1. The monoisotopic (exact) mass is 297 g/mol. The number of amides is 1.